The molecule has 2 heterocycles. The lowest BCUT2D eigenvalue weighted by Crippen LogP contribution is -2.24. The third-order valence-electron chi connectivity index (χ3n) is 2.39. The van der Waals surface area contributed by atoms with Crippen molar-refractivity contribution in [1.82, 2.24) is 10.3 Å². The zero-order valence-electron chi connectivity index (χ0n) is 9.43. The molecule has 4 nitrogen and oxygen atoms in total. The zero-order valence-corrected chi connectivity index (χ0v) is 9.43. The van der Waals surface area contributed by atoms with Gasteiger partial charge in [0.2, 0.25) is 0 Å². The largest absolute Gasteiger partial charge is 0.469 e. The summed E-state index contributed by atoms with van der Waals surface area (Å²) >= 11 is 0. The lowest BCUT2D eigenvalue weighted by atomic mass is 10.2. The van der Waals surface area contributed by atoms with E-state index in [4.69, 9.17) is 4.42 Å². The highest BCUT2D eigenvalue weighted by Crippen LogP contribution is 2.03. The summed E-state index contributed by atoms with van der Waals surface area (Å²) in [6.07, 6.45) is 6.55. The summed E-state index contributed by atoms with van der Waals surface area (Å²) in [5, 5.41) is 2.84. The number of nitrogens with one attached hydrogen (secondary N) is 1. The number of carbonyl (C=O) groups excluding carboxylic acids is 1. The Bertz CT molecular complexity index is 452. The Morgan fingerprint density at radius 1 is 1.35 bits per heavy atom. The Morgan fingerprint density at radius 2 is 2.29 bits per heavy atom. The highest BCUT2D eigenvalue weighted by atomic mass is 16.3. The second kappa shape index (κ2) is 5.84. The van der Waals surface area contributed by atoms with Crippen molar-refractivity contribution in [3.63, 3.8) is 0 Å². The molecule has 1 amide bonds. The van der Waals surface area contributed by atoms with Gasteiger partial charge in [-0.1, -0.05) is 0 Å². The van der Waals surface area contributed by atoms with Crippen LogP contribution in [0.3, 0.4) is 0 Å². The van der Waals surface area contributed by atoms with E-state index in [0.717, 1.165) is 18.6 Å². The average molecular weight is 230 g/mol. The fourth-order valence-corrected chi connectivity index (χ4v) is 1.52. The third kappa shape index (κ3) is 3.45. The minimum absolute atomic E-state index is 0.0856. The van der Waals surface area contributed by atoms with Crippen molar-refractivity contribution in [3.05, 3.63) is 54.2 Å². The van der Waals surface area contributed by atoms with Crippen LogP contribution in [0.5, 0.6) is 0 Å². The van der Waals surface area contributed by atoms with Gasteiger partial charge in [0.25, 0.3) is 5.91 Å². The van der Waals surface area contributed by atoms with Crippen molar-refractivity contribution in [2.24, 2.45) is 0 Å². The number of nitrogens with zero attached hydrogens (tertiary/aromatic N) is 1. The molecule has 2 aromatic rings. The predicted octanol–water partition coefficient (Wildman–Crippen LogP) is 2.04. The maximum atomic E-state index is 11.6. The summed E-state index contributed by atoms with van der Waals surface area (Å²) < 4.78 is 5.20. The molecule has 4 heteroatoms. The van der Waals surface area contributed by atoms with Gasteiger partial charge < -0.3 is 9.73 Å². The van der Waals surface area contributed by atoms with E-state index in [2.05, 4.69) is 10.3 Å². The molecule has 0 unspecified atom stereocenters. The standard InChI is InChI=1S/C13H14N2O2/c16-13(11-4-1-7-14-10-11)15-8-2-5-12-6-3-9-17-12/h1,3-4,6-7,9-10H,2,5,8H2,(H,15,16). The molecule has 0 aliphatic carbocycles. The van der Waals surface area contributed by atoms with Gasteiger partial charge in [-0.3, -0.25) is 9.78 Å². The Kier molecular flexibility index (Phi) is 3.91. The summed E-state index contributed by atoms with van der Waals surface area (Å²) in [5.41, 5.74) is 0.588. The smallest absolute Gasteiger partial charge is 0.252 e. The van der Waals surface area contributed by atoms with Gasteiger partial charge in [0, 0.05) is 25.4 Å². The quantitative estimate of drug-likeness (QED) is 0.800. The molecule has 2 aromatic heterocycles. The third-order valence-corrected chi connectivity index (χ3v) is 2.39. The van der Waals surface area contributed by atoms with Crippen LogP contribution >= 0.6 is 0 Å². The van der Waals surface area contributed by atoms with E-state index in [0.29, 0.717) is 12.1 Å². The Balaban J connectivity index is 1.70. The normalized spacial score (nSPS) is 10.1. The van der Waals surface area contributed by atoms with Crippen molar-refractivity contribution < 1.29 is 9.21 Å². The van der Waals surface area contributed by atoms with E-state index in [1.54, 1.807) is 30.8 Å². The lowest BCUT2D eigenvalue weighted by molar-refractivity contribution is 0.0952. The molecular weight excluding hydrogens is 216 g/mol. The van der Waals surface area contributed by atoms with E-state index in [1.165, 1.54) is 0 Å². The maximum Gasteiger partial charge on any atom is 0.252 e. The van der Waals surface area contributed by atoms with Gasteiger partial charge in [-0.2, -0.15) is 0 Å². The number of furan rings is 1. The van der Waals surface area contributed by atoms with Crippen LogP contribution in [0.4, 0.5) is 0 Å². The molecule has 0 radical (unpaired) electrons. The van der Waals surface area contributed by atoms with Gasteiger partial charge in [0.1, 0.15) is 5.76 Å². The molecule has 1 N–H and O–H groups in total. The van der Waals surface area contributed by atoms with Gasteiger partial charge in [-0.05, 0) is 30.7 Å². The second-order valence-electron chi connectivity index (χ2n) is 3.68. The average Bonchev–Trinajstić information content (AvgIpc) is 2.88. The van der Waals surface area contributed by atoms with Gasteiger partial charge >= 0.3 is 0 Å². The van der Waals surface area contributed by atoms with Gasteiger partial charge in [0.05, 0.1) is 11.8 Å². The van der Waals surface area contributed by atoms with Crippen molar-refractivity contribution in [2.75, 3.05) is 6.54 Å². The number of aromatic nitrogens is 1. The minimum Gasteiger partial charge on any atom is -0.469 e. The Labute approximate surface area is 99.7 Å². The first kappa shape index (κ1) is 11.4. The van der Waals surface area contributed by atoms with E-state index < -0.39 is 0 Å². The van der Waals surface area contributed by atoms with Crippen molar-refractivity contribution >= 4 is 5.91 Å². The van der Waals surface area contributed by atoms with Crippen LogP contribution in [0.2, 0.25) is 0 Å². The van der Waals surface area contributed by atoms with Crippen molar-refractivity contribution in [2.45, 2.75) is 12.8 Å². The number of rotatable bonds is 5. The van der Waals surface area contributed by atoms with E-state index in [9.17, 15) is 4.79 Å². The van der Waals surface area contributed by atoms with Crippen LogP contribution in [0.1, 0.15) is 22.5 Å². The number of carbonyl (C=O) groups is 1. The molecule has 2 rings (SSSR count). The molecule has 0 saturated carbocycles. The van der Waals surface area contributed by atoms with Crippen LogP contribution in [0.25, 0.3) is 0 Å². The monoisotopic (exact) mass is 230 g/mol. The van der Waals surface area contributed by atoms with Crippen LogP contribution in [0.15, 0.2) is 47.3 Å². The molecule has 88 valence electrons. The first-order valence-corrected chi connectivity index (χ1v) is 5.57. The molecule has 0 saturated heterocycles. The minimum atomic E-state index is -0.0856. The molecule has 17 heavy (non-hydrogen) atoms. The van der Waals surface area contributed by atoms with Gasteiger partial charge in [0.15, 0.2) is 0 Å². The summed E-state index contributed by atoms with van der Waals surface area (Å²) in [6.45, 7) is 0.633. The number of pyridine rings is 1. The predicted molar refractivity (Wildman–Crippen MR) is 63.6 cm³/mol. The molecule has 0 aromatic carbocycles. The molecule has 0 aliphatic heterocycles. The number of hydrogen-bond donors (Lipinski definition) is 1. The van der Waals surface area contributed by atoms with Crippen molar-refractivity contribution in [1.29, 1.82) is 0 Å². The summed E-state index contributed by atoms with van der Waals surface area (Å²) in [7, 11) is 0. The number of amides is 1. The molecule has 0 aliphatic rings. The zero-order chi connectivity index (χ0) is 11.9. The highest BCUT2D eigenvalue weighted by Gasteiger charge is 2.03. The van der Waals surface area contributed by atoms with Crippen molar-refractivity contribution in [3.8, 4) is 0 Å². The van der Waals surface area contributed by atoms with E-state index in [1.807, 2.05) is 12.1 Å². The van der Waals surface area contributed by atoms with Gasteiger partial charge in [-0.25, -0.2) is 0 Å². The Morgan fingerprint density at radius 3 is 3.00 bits per heavy atom. The van der Waals surface area contributed by atoms with Crippen LogP contribution in [0, 0.1) is 0 Å². The number of hydrogen-bond acceptors (Lipinski definition) is 3. The fraction of sp³-hybridized carbons (Fsp3) is 0.231. The van der Waals surface area contributed by atoms with Crippen LogP contribution in [-0.4, -0.2) is 17.4 Å². The second-order valence-corrected chi connectivity index (χ2v) is 3.68. The van der Waals surface area contributed by atoms with Crippen LogP contribution < -0.4 is 5.32 Å². The topological polar surface area (TPSA) is 55.1 Å². The highest BCUT2D eigenvalue weighted by molar-refractivity contribution is 5.93. The summed E-state index contributed by atoms with van der Waals surface area (Å²) in [5.74, 6) is 0.859. The first-order chi connectivity index (χ1) is 8.36. The maximum absolute atomic E-state index is 11.6. The molecular formula is C13H14N2O2. The SMILES string of the molecule is O=C(NCCCc1ccco1)c1cccnc1. The fourth-order valence-electron chi connectivity index (χ4n) is 1.52. The molecule has 0 spiro atoms. The van der Waals surface area contributed by atoms with E-state index in [-0.39, 0.29) is 5.91 Å². The lowest BCUT2D eigenvalue weighted by Gasteiger charge is -2.03. The molecule has 0 atom stereocenters. The Hall–Kier alpha value is -2.10. The van der Waals surface area contributed by atoms with Crippen LogP contribution in [-0.2, 0) is 6.42 Å². The summed E-state index contributed by atoms with van der Waals surface area (Å²) in [4.78, 5) is 15.5. The number of aryl methyl sites for hydroxylation is 1. The van der Waals surface area contributed by atoms with Gasteiger partial charge in [-0.15, -0.1) is 0 Å². The first-order valence-electron chi connectivity index (χ1n) is 5.57. The summed E-state index contributed by atoms with van der Waals surface area (Å²) in [6, 6.07) is 7.29. The molecule has 0 fully saturated rings. The van der Waals surface area contributed by atoms with E-state index >= 15 is 0 Å². The molecule has 0 bridgehead atoms.